The summed E-state index contributed by atoms with van der Waals surface area (Å²) in [5, 5.41) is 16.6. The van der Waals surface area contributed by atoms with Crippen LogP contribution in [-0.4, -0.2) is 42.9 Å². The van der Waals surface area contributed by atoms with Crippen molar-refractivity contribution in [3.8, 4) is 5.75 Å². The molecule has 2 aliphatic carbocycles. The van der Waals surface area contributed by atoms with Gasteiger partial charge in [0.15, 0.2) is 0 Å². The Morgan fingerprint density at radius 3 is 2.73 bits per heavy atom. The third kappa shape index (κ3) is 4.38. The molecule has 4 atom stereocenters. The van der Waals surface area contributed by atoms with Gasteiger partial charge in [-0.15, -0.1) is 0 Å². The second kappa shape index (κ2) is 7.97. The van der Waals surface area contributed by atoms with Gasteiger partial charge in [0.1, 0.15) is 5.75 Å². The fraction of sp³-hybridized carbons (Fsp3) is 0.667. The van der Waals surface area contributed by atoms with Crippen molar-refractivity contribution in [3.63, 3.8) is 0 Å². The minimum absolute atomic E-state index is 0.0580. The lowest BCUT2D eigenvalue weighted by atomic mass is 9.77. The third-order valence-electron chi connectivity index (χ3n) is 6.22. The number of phenolic OH excluding ortho intramolecular Hbond substituents is 1. The van der Waals surface area contributed by atoms with Crippen LogP contribution in [0.15, 0.2) is 24.3 Å². The van der Waals surface area contributed by atoms with E-state index in [-0.39, 0.29) is 23.8 Å². The molecular formula is C21H30N2O3. The first-order valence-electron chi connectivity index (χ1n) is 10.1. The number of carbonyl (C=O) groups excluding carboxylic acids is 1. The average Bonchev–Trinajstić information content (AvgIpc) is 3.36. The van der Waals surface area contributed by atoms with Gasteiger partial charge in [-0.2, -0.15) is 0 Å². The normalized spacial score (nSPS) is 30.8. The van der Waals surface area contributed by atoms with Gasteiger partial charge in [0.25, 0.3) is 0 Å². The van der Waals surface area contributed by atoms with Gasteiger partial charge in [-0.05, 0) is 74.6 Å². The van der Waals surface area contributed by atoms with E-state index in [1.165, 1.54) is 12.8 Å². The number of amides is 1. The van der Waals surface area contributed by atoms with E-state index in [0.717, 1.165) is 44.0 Å². The average molecular weight is 358 g/mol. The molecule has 1 aliphatic heterocycles. The Labute approximate surface area is 155 Å². The van der Waals surface area contributed by atoms with Crippen LogP contribution in [0.2, 0.25) is 0 Å². The van der Waals surface area contributed by atoms with Crippen molar-refractivity contribution < 1.29 is 14.6 Å². The molecule has 142 valence electrons. The molecule has 0 bridgehead atoms. The summed E-state index contributed by atoms with van der Waals surface area (Å²) in [5.41, 5.74) is 0.827. The van der Waals surface area contributed by atoms with Gasteiger partial charge in [-0.25, -0.2) is 0 Å². The van der Waals surface area contributed by atoms with Crippen molar-refractivity contribution >= 4 is 5.91 Å². The monoisotopic (exact) mass is 358 g/mol. The Hall–Kier alpha value is -1.59. The molecule has 0 aromatic heterocycles. The number of nitrogens with one attached hydrogen (secondary N) is 2. The molecule has 1 aromatic carbocycles. The Morgan fingerprint density at radius 1 is 1.19 bits per heavy atom. The van der Waals surface area contributed by atoms with E-state index in [0.29, 0.717) is 24.7 Å². The molecule has 3 aliphatic rings. The summed E-state index contributed by atoms with van der Waals surface area (Å²) in [4.78, 5) is 12.5. The largest absolute Gasteiger partial charge is 0.508 e. The number of hydrogen-bond acceptors (Lipinski definition) is 4. The second-order valence-corrected chi connectivity index (χ2v) is 8.27. The molecule has 26 heavy (non-hydrogen) atoms. The summed E-state index contributed by atoms with van der Waals surface area (Å²) < 4.78 is 6.23. The van der Waals surface area contributed by atoms with Gasteiger partial charge in [0.2, 0.25) is 5.91 Å². The van der Waals surface area contributed by atoms with Crippen molar-refractivity contribution in [2.24, 2.45) is 17.8 Å². The number of para-hydroxylation sites is 1. The molecule has 3 N–H and O–H groups in total. The SMILES string of the molecule is O=C(CCc1ccccc1O)N[C@H]1C[C@H]2CNC[C@H]2C[C@@H]1OCC1CC1. The highest BCUT2D eigenvalue weighted by atomic mass is 16.5. The highest BCUT2D eigenvalue weighted by molar-refractivity contribution is 5.76. The predicted molar refractivity (Wildman–Crippen MR) is 99.9 cm³/mol. The first-order chi connectivity index (χ1) is 12.7. The van der Waals surface area contributed by atoms with E-state index in [9.17, 15) is 9.90 Å². The topological polar surface area (TPSA) is 70.6 Å². The maximum atomic E-state index is 12.5. The molecule has 1 aromatic rings. The van der Waals surface area contributed by atoms with Gasteiger partial charge in [0.05, 0.1) is 12.1 Å². The number of hydrogen-bond donors (Lipinski definition) is 3. The predicted octanol–water partition coefficient (Wildman–Crippen LogP) is 2.23. The maximum Gasteiger partial charge on any atom is 0.220 e. The fourth-order valence-electron chi connectivity index (χ4n) is 4.41. The van der Waals surface area contributed by atoms with Crippen LogP contribution in [0, 0.1) is 17.8 Å². The van der Waals surface area contributed by atoms with Gasteiger partial charge in [-0.3, -0.25) is 4.79 Å². The number of ether oxygens (including phenoxy) is 1. The zero-order valence-electron chi connectivity index (χ0n) is 15.3. The van der Waals surface area contributed by atoms with E-state index in [4.69, 9.17) is 4.74 Å². The number of benzene rings is 1. The highest BCUT2D eigenvalue weighted by Crippen LogP contribution is 2.36. The quantitative estimate of drug-likeness (QED) is 0.699. The van der Waals surface area contributed by atoms with Crippen LogP contribution in [0.5, 0.6) is 5.75 Å². The number of rotatable bonds is 7. The smallest absolute Gasteiger partial charge is 0.220 e. The van der Waals surface area contributed by atoms with Crippen LogP contribution in [0.25, 0.3) is 0 Å². The van der Waals surface area contributed by atoms with E-state index in [1.54, 1.807) is 12.1 Å². The lowest BCUT2D eigenvalue weighted by Crippen LogP contribution is -2.50. The number of aryl methyl sites for hydroxylation is 1. The molecule has 0 radical (unpaired) electrons. The van der Waals surface area contributed by atoms with E-state index in [1.807, 2.05) is 12.1 Å². The van der Waals surface area contributed by atoms with Crippen LogP contribution in [0.1, 0.15) is 37.7 Å². The molecule has 5 nitrogen and oxygen atoms in total. The van der Waals surface area contributed by atoms with Gasteiger partial charge in [0, 0.05) is 13.0 Å². The van der Waals surface area contributed by atoms with Crippen molar-refractivity contribution in [2.75, 3.05) is 19.7 Å². The lowest BCUT2D eigenvalue weighted by molar-refractivity contribution is -0.124. The standard InChI is InChI=1S/C21H30N2O3/c24-19-4-2-1-3-15(19)7-8-21(25)23-18-9-16-11-22-12-17(16)10-20(18)26-13-14-5-6-14/h1-4,14,16-18,20,22,24H,5-13H2,(H,23,25)/t16-,17+,18-,20-/m0/s1. The number of carbonyl (C=O) groups is 1. The molecule has 4 rings (SSSR count). The van der Waals surface area contributed by atoms with Crippen LogP contribution in [-0.2, 0) is 16.0 Å². The molecule has 0 spiro atoms. The zero-order valence-corrected chi connectivity index (χ0v) is 15.3. The second-order valence-electron chi connectivity index (χ2n) is 8.27. The summed E-state index contributed by atoms with van der Waals surface area (Å²) in [6.07, 6.45) is 5.74. The molecule has 5 heteroatoms. The molecule has 1 saturated heterocycles. The Morgan fingerprint density at radius 2 is 1.96 bits per heavy atom. The molecule has 2 saturated carbocycles. The Kier molecular flexibility index (Phi) is 5.46. The lowest BCUT2D eigenvalue weighted by Gasteiger charge is -2.38. The maximum absolute atomic E-state index is 12.5. The third-order valence-corrected chi connectivity index (χ3v) is 6.22. The van der Waals surface area contributed by atoms with Crippen LogP contribution < -0.4 is 10.6 Å². The van der Waals surface area contributed by atoms with E-state index >= 15 is 0 Å². The number of fused-ring (bicyclic) bond motifs is 1. The van der Waals surface area contributed by atoms with Crippen molar-refractivity contribution in [2.45, 2.75) is 50.7 Å². The van der Waals surface area contributed by atoms with Crippen molar-refractivity contribution in [1.29, 1.82) is 0 Å². The highest BCUT2D eigenvalue weighted by Gasteiger charge is 2.41. The van der Waals surface area contributed by atoms with Gasteiger partial charge < -0.3 is 20.5 Å². The summed E-state index contributed by atoms with van der Waals surface area (Å²) >= 11 is 0. The van der Waals surface area contributed by atoms with Crippen molar-refractivity contribution in [1.82, 2.24) is 10.6 Å². The Balaban J connectivity index is 1.32. The van der Waals surface area contributed by atoms with Crippen LogP contribution in [0.3, 0.4) is 0 Å². The van der Waals surface area contributed by atoms with Crippen LogP contribution in [0.4, 0.5) is 0 Å². The Bertz CT molecular complexity index is 631. The van der Waals surface area contributed by atoms with E-state index in [2.05, 4.69) is 10.6 Å². The van der Waals surface area contributed by atoms with E-state index < -0.39 is 0 Å². The summed E-state index contributed by atoms with van der Waals surface area (Å²) in [6.45, 7) is 2.99. The summed E-state index contributed by atoms with van der Waals surface area (Å²) in [6, 6.07) is 7.35. The summed E-state index contributed by atoms with van der Waals surface area (Å²) in [7, 11) is 0. The molecule has 1 heterocycles. The van der Waals surface area contributed by atoms with Gasteiger partial charge in [-0.1, -0.05) is 18.2 Å². The molecule has 0 unspecified atom stereocenters. The minimum Gasteiger partial charge on any atom is -0.508 e. The summed E-state index contributed by atoms with van der Waals surface area (Å²) in [5.74, 6) is 2.41. The number of aromatic hydroxyl groups is 1. The zero-order chi connectivity index (χ0) is 17.9. The molecular weight excluding hydrogens is 328 g/mol. The first kappa shape index (κ1) is 17.8. The minimum atomic E-state index is 0.0580. The molecule has 3 fully saturated rings. The fourth-order valence-corrected chi connectivity index (χ4v) is 4.41. The molecule has 1 amide bonds. The first-order valence-corrected chi connectivity index (χ1v) is 10.1. The van der Waals surface area contributed by atoms with Gasteiger partial charge >= 0.3 is 0 Å². The van der Waals surface area contributed by atoms with Crippen molar-refractivity contribution in [3.05, 3.63) is 29.8 Å². The van der Waals surface area contributed by atoms with Crippen LogP contribution >= 0.6 is 0 Å². The number of phenols is 1.